The van der Waals surface area contributed by atoms with Crippen LogP contribution in [0.3, 0.4) is 0 Å². The van der Waals surface area contributed by atoms with Crippen molar-refractivity contribution in [1.29, 1.82) is 0 Å². The summed E-state index contributed by atoms with van der Waals surface area (Å²) in [6, 6.07) is 47.0. The summed E-state index contributed by atoms with van der Waals surface area (Å²) < 4.78 is 2.14. The van der Waals surface area contributed by atoms with E-state index in [4.69, 9.17) is 4.98 Å². The van der Waals surface area contributed by atoms with Gasteiger partial charge in [0.2, 0.25) is 5.91 Å². The van der Waals surface area contributed by atoms with E-state index >= 15 is 0 Å². The van der Waals surface area contributed by atoms with Crippen molar-refractivity contribution in [1.82, 2.24) is 9.55 Å². The lowest BCUT2D eigenvalue weighted by molar-refractivity contribution is -0.114. The van der Waals surface area contributed by atoms with E-state index in [0.29, 0.717) is 5.69 Å². The predicted octanol–water partition coefficient (Wildman–Crippen LogP) is 8.24. The minimum absolute atomic E-state index is 0.122. The Morgan fingerprint density at radius 3 is 1.69 bits per heavy atom. The van der Waals surface area contributed by atoms with E-state index in [2.05, 4.69) is 82.7 Å². The molecule has 0 aliphatic rings. The maximum atomic E-state index is 12.6. The highest BCUT2D eigenvalue weighted by molar-refractivity contribution is 5.89. The molecule has 0 spiro atoms. The number of hydrogen-bond acceptors (Lipinski definition) is 3. The van der Waals surface area contributed by atoms with Crippen molar-refractivity contribution in [2.24, 2.45) is 5.92 Å². The fourth-order valence-electron chi connectivity index (χ4n) is 6.38. The molecule has 0 aliphatic heterocycles. The number of anilines is 1. The number of nitrogens with one attached hydrogen (secondary N) is 1. The Balaban J connectivity index is 1.52. The highest BCUT2D eigenvalue weighted by atomic mass is 16.3. The van der Waals surface area contributed by atoms with E-state index in [-0.39, 0.29) is 11.8 Å². The zero-order chi connectivity index (χ0) is 31.4. The van der Waals surface area contributed by atoms with E-state index in [1.807, 2.05) is 93.1 Å². The minimum Gasteiger partial charge on any atom is -0.378 e. The van der Waals surface area contributed by atoms with Gasteiger partial charge in [0.1, 0.15) is 11.1 Å². The van der Waals surface area contributed by atoms with Gasteiger partial charge in [-0.15, -0.1) is 0 Å². The number of benzene rings is 5. The average Bonchev–Trinajstić information content (AvgIpc) is 3.57. The summed E-state index contributed by atoms with van der Waals surface area (Å²) in [5, 5.41) is 15.5. The van der Waals surface area contributed by atoms with Gasteiger partial charge in [-0.1, -0.05) is 135 Å². The molecule has 5 aromatic carbocycles. The van der Waals surface area contributed by atoms with Gasteiger partial charge in [-0.2, -0.15) is 0 Å². The van der Waals surface area contributed by atoms with Crippen LogP contribution in [-0.4, -0.2) is 20.6 Å². The van der Waals surface area contributed by atoms with Crippen molar-refractivity contribution in [2.75, 3.05) is 5.32 Å². The molecule has 0 saturated carbocycles. The Bertz CT molecular complexity index is 1800. The number of carbonyl (C=O) groups is 1. The Morgan fingerprint density at radius 2 is 1.18 bits per heavy atom. The van der Waals surface area contributed by atoms with Crippen LogP contribution in [0.25, 0.3) is 11.1 Å². The van der Waals surface area contributed by atoms with E-state index in [1.165, 1.54) is 6.92 Å². The van der Waals surface area contributed by atoms with E-state index < -0.39 is 11.1 Å². The van der Waals surface area contributed by atoms with Gasteiger partial charge in [-0.3, -0.25) is 4.79 Å². The van der Waals surface area contributed by atoms with Crippen molar-refractivity contribution in [3.05, 3.63) is 180 Å². The molecule has 1 unspecified atom stereocenters. The van der Waals surface area contributed by atoms with Crippen LogP contribution in [-0.2, 0) is 15.9 Å². The Labute approximate surface area is 264 Å². The lowest BCUT2D eigenvalue weighted by Gasteiger charge is -2.37. The number of imidazole rings is 1. The zero-order valence-corrected chi connectivity index (χ0v) is 25.8. The second kappa shape index (κ2) is 12.4. The highest BCUT2D eigenvalue weighted by Crippen LogP contribution is 2.43. The molecule has 0 fully saturated rings. The zero-order valence-electron chi connectivity index (χ0n) is 25.8. The quantitative estimate of drug-likeness (QED) is 0.166. The topological polar surface area (TPSA) is 67.2 Å². The molecule has 1 amide bonds. The third-order valence-electron chi connectivity index (χ3n) is 8.59. The van der Waals surface area contributed by atoms with Crippen LogP contribution in [0.4, 0.5) is 5.69 Å². The van der Waals surface area contributed by atoms with Crippen molar-refractivity contribution in [2.45, 2.75) is 31.9 Å². The first kappa shape index (κ1) is 29.8. The largest absolute Gasteiger partial charge is 0.378 e. The van der Waals surface area contributed by atoms with Crippen LogP contribution in [0.1, 0.15) is 48.7 Å². The van der Waals surface area contributed by atoms with Crippen molar-refractivity contribution >= 4 is 11.6 Å². The molecule has 6 rings (SSSR count). The summed E-state index contributed by atoms with van der Waals surface area (Å²) in [4.78, 5) is 16.6. The molecule has 0 saturated heterocycles. The standard InChI is InChI=1S/C40H37N3O2/c1-29(2)40(45,36-23-13-15-31(25-36)32-16-14-24-37(26-32)42-30(3)44)38-27-43(28-41-38)39(33-17-7-4-8-18-33,34-19-9-5-10-20-34)35-21-11-6-12-22-35/h4-29,45H,1-3H3,(H,42,44). The number of hydrogen-bond donors (Lipinski definition) is 2. The van der Waals surface area contributed by atoms with E-state index in [9.17, 15) is 9.90 Å². The number of nitrogens with zero attached hydrogens (tertiary/aromatic N) is 2. The summed E-state index contributed by atoms with van der Waals surface area (Å²) in [5.41, 5.74) is 5.04. The van der Waals surface area contributed by atoms with Gasteiger partial charge in [-0.25, -0.2) is 4.98 Å². The first-order valence-corrected chi connectivity index (χ1v) is 15.3. The third-order valence-corrected chi connectivity index (χ3v) is 8.59. The van der Waals surface area contributed by atoms with Crippen LogP contribution in [0.5, 0.6) is 0 Å². The van der Waals surface area contributed by atoms with Crippen molar-refractivity contribution in [3.63, 3.8) is 0 Å². The molecule has 0 bridgehead atoms. The monoisotopic (exact) mass is 591 g/mol. The number of aliphatic hydroxyl groups is 1. The molecule has 224 valence electrons. The number of carbonyl (C=O) groups excluding carboxylic acids is 1. The third kappa shape index (κ3) is 5.47. The van der Waals surface area contributed by atoms with Crippen LogP contribution in [0.15, 0.2) is 152 Å². The first-order valence-electron chi connectivity index (χ1n) is 15.3. The molecule has 1 heterocycles. The Morgan fingerprint density at radius 1 is 0.689 bits per heavy atom. The van der Waals surface area contributed by atoms with Crippen LogP contribution < -0.4 is 5.32 Å². The fourth-order valence-corrected chi connectivity index (χ4v) is 6.38. The Hall–Kier alpha value is -5.26. The summed E-state index contributed by atoms with van der Waals surface area (Å²) in [7, 11) is 0. The molecule has 45 heavy (non-hydrogen) atoms. The van der Waals surface area contributed by atoms with Crippen LogP contribution in [0, 0.1) is 5.92 Å². The lowest BCUT2D eigenvalue weighted by atomic mass is 9.76. The summed E-state index contributed by atoms with van der Waals surface area (Å²) in [6.45, 7) is 5.53. The summed E-state index contributed by atoms with van der Waals surface area (Å²) in [5.74, 6) is -0.315. The smallest absolute Gasteiger partial charge is 0.221 e. The van der Waals surface area contributed by atoms with Gasteiger partial charge in [0.05, 0.1) is 12.0 Å². The van der Waals surface area contributed by atoms with Gasteiger partial charge in [-0.05, 0) is 57.5 Å². The number of aromatic nitrogens is 2. The maximum absolute atomic E-state index is 12.6. The number of rotatable bonds is 9. The average molecular weight is 592 g/mol. The van der Waals surface area contributed by atoms with Gasteiger partial charge in [0.15, 0.2) is 0 Å². The molecule has 5 nitrogen and oxygen atoms in total. The molecule has 2 N–H and O–H groups in total. The summed E-state index contributed by atoms with van der Waals surface area (Å²) in [6.07, 6.45) is 3.84. The lowest BCUT2D eigenvalue weighted by Crippen LogP contribution is -2.37. The van der Waals surface area contributed by atoms with Crippen LogP contribution >= 0.6 is 0 Å². The first-order chi connectivity index (χ1) is 21.8. The fraction of sp³-hybridized carbons (Fsp3) is 0.150. The highest BCUT2D eigenvalue weighted by Gasteiger charge is 2.42. The van der Waals surface area contributed by atoms with Crippen molar-refractivity contribution in [3.8, 4) is 11.1 Å². The van der Waals surface area contributed by atoms with E-state index in [1.54, 1.807) is 0 Å². The SMILES string of the molecule is CC(=O)Nc1cccc(-c2cccc(C(O)(c3cn(C(c4ccccc4)(c4ccccc4)c4ccccc4)cn3)C(C)C)c2)c1. The molecule has 1 aromatic heterocycles. The second-order valence-corrected chi connectivity index (χ2v) is 11.7. The maximum Gasteiger partial charge on any atom is 0.221 e. The molecular weight excluding hydrogens is 554 g/mol. The number of amides is 1. The summed E-state index contributed by atoms with van der Waals surface area (Å²) >= 11 is 0. The van der Waals surface area contributed by atoms with Crippen LogP contribution in [0.2, 0.25) is 0 Å². The van der Waals surface area contributed by atoms with Gasteiger partial charge >= 0.3 is 0 Å². The second-order valence-electron chi connectivity index (χ2n) is 11.7. The molecule has 0 aliphatic carbocycles. The van der Waals surface area contributed by atoms with Crippen molar-refractivity contribution < 1.29 is 9.90 Å². The predicted molar refractivity (Wildman–Crippen MR) is 181 cm³/mol. The molecular formula is C40H37N3O2. The normalized spacial score (nSPS) is 12.9. The Kier molecular flexibility index (Phi) is 8.20. The van der Waals surface area contributed by atoms with Gasteiger partial charge in [0, 0.05) is 18.8 Å². The van der Waals surface area contributed by atoms with Gasteiger partial charge in [0.25, 0.3) is 0 Å². The molecule has 1 atom stereocenters. The molecule has 6 aromatic rings. The molecule has 0 radical (unpaired) electrons. The minimum atomic E-state index is -1.38. The molecule has 5 heteroatoms. The van der Waals surface area contributed by atoms with E-state index in [0.717, 1.165) is 39.1 Å². The van der Waals surface area contributed by atoms with Gasteiger partial charge < -0.3 is 15.0 Å².